The van der Waals surface area contributed by atoms with Crippen molar-refractivity contribution >= 4 is 24.8 Å². The molecule has 6 nitrogen and oxygen atoms in total. The highest BCUT2D eigenvalue weighted by Gasteiger charge is 2.46. The first-order valence-electron chi connectivity index (χ1n) is 7.15. The van der Waals surface area contributed by atoms with Gasteiger partial charge >= 0.3 is 7.60 Å². The first-order chi connectivity index (χ1) is 10.4. The van der Waals surface area contributed by atoms with Crippen LogP contribution in [-0.2, 0) is 19.0 Å². The molecule has 0 fully saturated rings. The van der Waals surface area contributed by atoms with Crippen LogP contribution in [0.15, 0.2) is 30.5 Å². The fourth-order valence-electron chi connectivity index (χ4n) is 2.44. The van der Waals surface area contributed by atoms with Gasteiger partial charge in [-0.3, -0.25) is 15.1 Å². The van der Waals surface area contributed by atoms with Crippen LogP contribution in [0, 0.1) is 0 Å². The second kappa shape index (κ2) is 6.34. The fourth-order valence-corrected chi connectivity index (χ4v) is 4.15. The third-order valence-corrected chi connectivity index (χ3v) is 6.03. The Hall–Kier alpha value is -1.46. The molecule has 2 N–H and O–H groups in total. The van der Waals surface area contributed by atoms with Crippen molar-refractivity contribution in [2.75, 3.05) is 13.2 Å². The van der Waals surface area contributed by atoms with E-state index in [0.29, 0.717) is 11.1 Å². The summed E-state index contributed by atoms with van der Waals surface area (Å²) in [6.07, 6.45) is 2.34. The first-order valence-corrected chi connectivity index (χ1v) is 8.69. The Bertz CT molecular complexity index is 713. The van der Waals surface area contributed by atoms with Crippen LogP contribution in [0.2, 0.25) is 0 Å². The number of aldehydes is 1. The molecule has 0 unspecified atom stereocenters. The van der Waals surface area contributed by atoms with Crippen molar-refractivity contribution < 1.29 is 18.4 Å². The molecular formula is C15H21N2O4P. The van der Waals surface area contributed by atoms with Gasteiger partial charge in [0.15, 0.2) is 11.7 Å². The number of nitrogens with two attached hydrogens (primary N) is 1. The summed E-state index contributed by atoms with van der Waals surface area (Å²) in [5, 5.41) is -0.686. The standard InChI is InChI=1S/C15H21N2O4P/c1-4-20-22(19,21-5-2)15(3,16)17-10-12(11-18)13-8-6-7-9-14(13)17/h6-11H,4-5,16H2,1-3H3/t15-/m0/s1. The van der Waals surface area contributed by atoms with Gasteiger partial charge in [-0.25, -0.2) is 0 Å². The third-order valence-electron chi connectivity index (χ3n) is 3.51. The summed E-state index contributed by atoms with van der Waals surface area (Å²) in [5.41, 5.74) is 7.54. The number of nitrogens with zero attached hydrogens (tertiary/aromatic N) is 1. The van der Waals surface area contributed by atoms with Gasteiger partial charge in [-0.1, -0.05) is 18.2 Å². The molecule has 1 aromatic heterocycles. The average Bonchev–Trinajstić information content (AvgIpc) is 2.87. The van der Waals surface area contributed by atoms with Gasteiger partial charge in [-0.05, 0) is 26.8 Å². The number of para-hydroxylation sites is 1. The molecular weight excluding hydrogens is 303 g/mol. The van der Waals surface area contributed by atoms with E-state index in [-0.39, 0.29) is 13.2 Å². The predicted molar refractivity (Wildman–Crippen MR) is 86.0 cm³/mol. The quantitative estimate of drug-likeness (QED) is 0.624. The normalized spacial score (nSPS) is 14.9. The predicted octanol–water partition coefficient (Wildman–Crippen LogP) is 3.31. The lowest BCUT2D eigenvalue weighted by Gasteiger charge is -2.34. The molecule has 120 valence electrons. The number of benzene rings is 1. The van der Waals surface area contributed by atoms with Gasteiger partial charge in [0, 0.05) is 17.1 Å². The second-order valence-corrected chi connectivity index (χ2v) is 7.43. The van der Waals surface area contributed by atoms with Crippen LogP contribution in [0.25, 0.3) is 10.9 Å². The van der Waals surface area contributed by atoms with E-state index < -0.39 is 13.0 Å². The highest BCUT2D eigenvalue weighted by atomic mass is 31.2. The zero-order valence-corrected chi connectivity index (χ0v) is 13.9. The summed E-state index contributed by atoms with van der Waals surface area (Å²) >= 11 is 0. The van der Waals surface area contributed by atoms with Gasteiger partial charge in [-0.2, -0.15) is 0 Å². The van der Waals surface area contributed by atoms with Crippen molar-refractivity contribution in [2.45, 2.75) is 26.2 Å². The minimum absolute atomic E-state index is 0.212. The molecule has 1 aromatic carbocycles. The summed E-state index contributed by atoms with van der Waals surface area (Å²) in [6.45, 7) is 5.46. The molecule has 0 spiro atoms. The lowest BCUT2D eigenvalue weighted by Crippen LogP contribution is -2.40. The number of rotatable bonds is 7. The van der Waals surface area contributed by atoms with Crippen molar-refractivity contribution in [1.29, 1.82) is 0 Å². The Labute approximate surface area is 129 Å². The van der Waals surface area contributed by atoms with Crippen molar-refractivity contribution in [3.05, 3.63) is 36.0 Å². The van der Waals surface area contributed by atoms with E-state index in [1.807, 2.05) is 24.3 Å². The van der Waals surface area contributed by atoms with Gasteiger partial charge in [0.1, 0.15) is 0 Å². The van der Waals surface area contributed by atoms with Crippen LogP contribution >= 0.6 is 7.60 Å². The average molecular weight is 324 g/mol. The van der Waals surface area contributed by atoms with Crippen LogP contribution < -0.4 is 5.73 Å². The minimum Gasteiger partial charge on any atom is -0.318 e. The monoisotopic (exact) mass is 324 g/mol. The van der Waals surface area contributed by atoms with Crippen LogP contribution in [0.1, 0.15) is 31.1 Å². The molecule has 7 heteroatoms. The second-order valence-electron chi connectivity index (χ2n) is 5.02. The Morgan fingerprint density at radius 2 is 1.86 bits per heavy atom. The lowest BCUT2D eigenvalue weighted by atomic mass is 10.2. The van der Waals surface area contributed by atoms with Gasteiger partial charge in [0.2, 0.25) is 0 Å². The van der Waals surface area contributed by atoms with Crippen LogP contribution in [0.3, 0.4) is 0 Å². The zero-order valence-electron chi connectivity index (χ0n) is 13.0. The molecule has 0 bridgehead atoms. The number of fused-ring (bicyclic) bond motifs is 1. The number of hydrogen-bond donors (Lipinski definition) is 1. The number of carbonyl (C=O) groups is 1. The summed E-state index contributed by atoms with van der Waals surface area (Å²) in [6, 6.07) is 7.29. The van der Waals surface area contributed by atoms with Gasteiger partial charge < -0.3 is 13.6 Å². The Morgan fingerprint density at radius 3 is 2.41 bits per heavy atom. The lowest BCUT2D eigenvalue weighted by molar-refractivity contribution is 0.112. The molecule has 0 aliphatic carbocycles. The summed E-state index contributed by atoms with van der Waals surface area (Å²) in [7, 11) is -3.62. The number of carbonyl (C=O) groups excluding carboxylic acids is 1. The maximum Gasteiger partial charge on any atom is 0.370 e. The van der Waals surface area contributed by atoms with Crippen molar-refractivity contribution in [1.82, 2.24) is 4.57 Å². The molecule has 0 amide bonds. The molecule has 0 saturated heterocycles. The SMILES string of the molecule is CCOP(=O)(OCC)[C@@](C)(N)n1cc(C=O)c2ccccc21. The van der Waals surface area contributed by atoms with Gasteiger partial charge in [-0.15, -0.1) is 0 Å². The summed E-state index contributed by atoms with van der Waals surface area (Å²) < 4.78 is 25.5. The van der Waals surface area contributed by atoms with E-state index in [1.54, 1.807) is 31.5 Å². The maximum atomic E-state index is 13.1. The molecule has 0 radical (unpaired) electrons. The molecule has 0 saturated carbocycles. The van der Waals surface area contributed by atoms with Crippen LogP contribution in [0.4, 0.5) is 0 Å². The van der Waals surface area contributed by atoms with E-state index in [1.165, 1.54) is 0 Å². The van der Waals surface area contributed by atoms with Crippen molar-refractivity contribution in [2.24, 2.45) is 5.73 Å². The van der Waals surface area contributed by atoms with E-state index in [9.17, 15) is 9.36 Å². The highest BCUT2D eigenvalue weighted by Crippen LogP contribution is 2.60. The molecule has 0 aliphatic rings. The number of aromatic nitrogens is 1. The van der Waals surface area contributed by atoms with Crippen molar-refractivity contribution in [3.8, 4) is 0 Å². The zero-order chi connectivity index (χ0) is 16.4. The highest BCUT2D eigenvalue weighted by molar-refractivity contribution is 7.54. The first kappa shape index (κ1) is 16.9. The van der Waals surface area contributed by atoms with Crippen LogP contribution in [0.5, 0.6) is 0 Å². The van der Waals surface area contributed by atoms with E-state index in [4.69, 9.17) is 14.8 Å². The van der Waals surface area contributed by atoms with Gasteiger partial charge in [0.25, 0.3) is 0 Å². The van der Waals surface area contributed by atoms with E-state index in [0.717, 1.165) is 11.7 Å². The smallest absolute Gasteiger partial charge is 0.318 e. The molecule has 0 aliphatic heterocycles. The Morgan fingerprint density at radius 1 is 1.27 bits per heavy atom. The molecule has 1 heterocycles. The molecule has 2 aromatic rings. The summed E-state index contributed by atoms with van der Waals surface area (Å²) in [5.74, 6) is 0. The number of hydrogen-bond acceptors (Lipinski definition) is 5. The van der Waals surface area contributed by atoms with Crippen LogP contribution in [-0.4, -0.2) is 24.1 Å². The van der Waals surface area contributed by atoms with Gasteiger partial charge in [0.05, 0.1) is 18.7 Å². The molecule has 1 atom stereocenters. The topological polar surface area (TPSA) is 83.5 Å². The van der Waals surface area contributed by atoms with E-state index in [2.05, 4.69) is 0 Å². The Balaban J connectivity index is 2.67. The fraction of sp³-hybridized carbons (Fsp3) is 0.400. The maximum absolute atomic E-state index is 13.1. The molecule has 2 rings (SSSR count). The largest absolute Gasteiger partial charge is 0.370 e. The Kier molecular flexibility index (Phi) is 4.87. The summed E-state index contributed by atoms with van der Waals surface area (Å²) in [4.78, 5) is 11.3. The molecule has 22 heavy (non-hydrogen) atoms. The minimum atomic E-state index is -3.62. The third kappa shape index (κ3) is 2.63. The van der Waals surface area contributed by atoms with Crippen molar-refractivity contribution in [3.63, 3.8) is 0 Å². The van der Waals surface area contributed by atoms with E-state index >= 15 is 0 Å².